The molecule has 1 rings (SSSR count). The number of hydrogen-bond acceptors (Lipinski definition) is 2. The molecule has 18 heavy (non-hydrogen) atoms. The Labute approximate surface area is 116 Å². The summed E-state index contributed by atoms with van der Waals surface area (Å²) in [4.78, 5) is 0. The Hall–Kier alpha value is -0.435. The molecule has 0 spiro atoms. The molecule has 1 unspecified atom stereocenters. The van der Waals surface area contributed by atoms with Gasteiger partial charge < -0.3 is 0 Å². The van der Waals surface area contributed by atoms with E-state index in [1.165, 1.54) is 12.1 Å². The minimum atomic E-state index is -4.65. The van der Waals surface area contributed by atoms with Gasteiger partial charge in [-0.05, 0) is 0 Å². The molecule has 1 atom stereocenters. The van der Waals surface area contributed by atoms with Gasteiger partial charge >= 0.3 is 102 Å². The molecule has 0 saturated carbocycles. The molecule has 2 radical (unpaired) electrons. The predicted octanol–water partition coefficient (Wildman–Crippen LogP) is -0.643. The molecular weight excluding hydrogens is 359 g/mol. The van der Waals surface area contributed by atoms with Crippen molar-refractivity contribution in [3.05, 3.63) is 27.8 Å². The first-order valence-corrected chi connectivity index (χ1v) is 7.57. The Kier molecular flexibility index (Phi) is 8.42. The topological polar surface area (TPSA) is 29.5 Å². The van der Waals surface area contributed by atoms with Crippen molar-refractivity contribution < 1.29 is 44.0 Å². The summed E-state index contributed by atoms with van der Waals surface area (Å²) < 4.78 is 41.5. The van der Waals surface area contributed by atoms with Crippen LogP contribution in [0.2, 0.25) is 0 Å². The average molecular weight is 373 g/mol. The molecule has 0 amide bonds. The zero-order valence-electron chi connectivity index (χ0n) is 10.0. The Bertz CT molecular complexity index is 330. The Morgan fingerprint density at radius 2 is 1.78 bits per heavy atom. The summed E-state index contributed by atoms with van der Waals surface area (Å²) in [7, 11) is 0. The maximum absolute atomic E-state index is 11.9. The third-order valence-electron chi connectivity index (χ3n) is 1.73. The predicted molar refractivity (Wildman–Crippen MR) is 59.8 cm³/mol. The molecule has 7 heteroatoms. The third kappa shape index (κ3) is 6.48. The summed E-state index contributed by atoms with van der Waals surface area (Å²) in [6, 6.07) is 6.46. The maximum atomic E-state index is 11.9. The van der Waals surface area contributed by atoms with Crippen LogP contribution < -0.4 is 25.7 Å². The summed E-state index contributed by atoms with van der Waals surface area (Å²) in [5, 5.41) is 8.68. The van der Waals surface area contributed by atoms with E-state index in [1.807, 2.05) is 13.8 Å². The monoisotopic (exact) mass is 373 g/mol. The van der Waals surface area contributed by atoms with Gasteiger partial charge in [-0.25, -0.2) is 0 Å². The number of benzene rings is 1. The van der Waals surface area contributed by atoms with E-state index in [0.717, 1.165) is 3.57 Å². The van der Waals surface area contributed by atoms with Crippen LogP contribution >= 0.6 is 0 Å². The van der Waals surface area contributed by atoms with E-state index in [1.54, 1.807) is 12.1 Å². The fraction of sp³-hybridized carbons (Fsp3) is 0.455. The van der Waals surface area contributed by atoms with Crippen LogP contribution in [0.5, 0.6) is 5.75 Å². The molecule has 0 aliphatic rings. The van der Waals surface area contributed by atoms with Crippen molar-refractivity contribution in [2.24, 2.45) is 0 Å². The molecule has 1 aromatic rings. The number of aliphatic hydroxyl groups excluding tert-OH is 1. The second kappa shape index (κ2) is 8.63. The van der Waals surface area contributed by atoms with Crippen molar-refractivity contribution in [1.29, 1.82) is 0 Å². The first-order valence-electron chi connectivity index (χ1n) is 5.24. The number of halogens is 4. The normalized spacial score (nSPS) is 12.6. The molecule has 0 fully saturated rings. The molecule has 0 aliphatic carbocycles. The number of aliphatic hydroxyl groups is 1. The fourth-order valence-corrected chi connectivity index (χ4v) is 1.65. The standard InChI is InChI=1S/C9H8BF3IO2.C2H6/c10-14-6-1-3-7(4-2-6)16-5-8(15)9(11,12)13;1-2/h1-4,8,15H,5H2;1-2H3/q-1;. The van der Waals surface area contributed by atoms with Gasteiger partial charge in [0.15, 0.2) is 0 Å². The van der Waals surface area contributed by atoms with Gasteiger partial charge in [-0.1, -0.05) is 13.8 Å². The van der Waals surface area contributed by atoms with Gasteiger partial charge in [0.05, 0.1) is 0 Å². The van der Waals surface area contributed by atoms with Gasteiger partial charge in [0.25, 0.3) is 0 Å². The van der Waals surface area contributed by atoms with E-state index in [4.69, 9.17) is 15.5 Å². The quantitative estimate of drug-likeness (QED) is 0.562. The summed E-state index contributed by atoms with van der Waals surface area (Å²) in [6.07, 6.45) is -7.11. The molecule has 0 heterocycles. The summed E-state index contributed by atoms with van der Waals surface area (Å²) in [5.41, 5.74) is 5.46. The van der Waals surface area contributed by atoms with Crippen LogP contribution in [0.15, 0.2) is 24.3 Å². The molecule has 1 aromatic carbocycles. The van der Waals surface area contributed by atoms with Gasteiger partial charge in [-0.15, -0.1) is 0 Å². The second-order valence-electron chi connectivity index (χ2n) is 2.93. The number of alkyl halides is 3. The Morgan fingerprint density at radius 1 is 1.28 bits per heavy atom. The fourth-order valence-electron chi connectivity index (χ4n) is 0.873. The molecule has 0 aliphatic heterocycles. The zero-order chi connectivity index (χ0) is 14.2. The van der Waals surface area contributed by atoms with Gasteiger partial charge in [-0.3, -0.25) is 0 Å². The average Bonchev–Trinajstić information content (AvgIpc) is 2.37. The molecule has 1 N–H and O–H groups in total. The van der Waals surface area contributed by atoms with E-state index in [9.17, 15) is 13.2 Å². The zero-order valence-corrected chi connectivity index (χ0v) is 12.2. The van der Waals surface area contributed by atoms with Gasteiger partial charge in [-0.2, -0.15) is 0 Å². The van der Waals surface area contributed by atoms with Gasteiger partial charge in [0, 0.05) is 0 Å². The minimum absolute atomic E-state index is 0.282. The molecule has 102 valence electrons. The molecule has 0 bridgehead atoms. The SMILES string of the molecule is CC.[B][I-]c1ccc(OCC(O)C(F)(F)F)cc1. The Balaban J connectivity index is 0.00000137. The van der Waals surface area contributed by atoms with E-state index < -0.39 is 39.9 Å². The molecule has 0 saturated heterocycles. The third-order valence-corrected chi connectivity index (χ3v) is 3.16. The molecular formula is C11H14BF3IO2-. The van der Waals surface area contributed by atoms with Gasteiger partial charge in [0.2, 0.25) is 0 Å². The van der Waals surface area contributed by atoms with E-state index in [-0.39, 0.29) is 5.75 Å². The first-order chi connectivity index (χ1) is 8.43. The van der Waals surface area contributed by atoms with Crippen molar-refractivity contribution in [1.82, 2.24) is 0 Å². The van der Waals surface area contributed by atoms with Crippen molar-refractivity contribution in [3.63, 3.8) is 0 Å². The second-order valence-corrected chi connectivity index (χ2v) is 4.80. The summed E-state index contributed by atoms with van der Waals surface area (Å²) in [5.74, 6) is 0.282. The van der Waals surface area contributed by atoms with Crippen molar-refractivity contribution in [3.8, 4) is 5.75 Å². The summed E-state index contributed by atoms with van der Waals surface area (Å²) in [6.45, 7) is 3.19. The van der Waals surface area contributed by atoms with Crippen LogP contribution in [-0.4, -0.2) is 29.7 Å². The van der Waals surface area contributed by atoms with Crippen molar-refractivity contribution in [2.45, 2.75) is 26.1 Å². The Morgan fingerprint density at radius 3 is 2.17 bits per heavy atom. The van der Waals surface area contributed by atoms with E-state index in [0.29, 0.717) is 0 Å². The number of hydrogen-bond donors (Lipinski definition) is 1. The number of rotatable bonds is 4. The van der Waals surface area contributed by atoms with Crippen LogP contribution in [0, 0.1) is 3.57 Å². The van der Waals surface area contributed by atoms with Crippen LogP contribution in [0.25, 0.3) is 0 Å². The first kappa shape index (κ1) is 17.6. The number of ether oxygens (including phenoxy) is 1. The molecule has 0 aromatic heterocycles. The van der Waals surface area contributed by atoms with Crippen LogP contribution in [0.1, 0.15) is 13.8 Å². The summed E-state index contributed by atoms with van der Waals surface area (Å²) >= 11 is -0.530. The van der Waals surface area contributed by atoms with E-state index in [2.05, 4.69) is 0 Å². The van der Waals surface area contributed by atoms with Crippen LogP contribution in [-0.2, 0) is 0 Å². The van der Waals surface area contributed by atoms with Crippen molar-refractivity contribution >= 4 is 5.70 Å². The molecule has 2 nitrogen and oxygen atoms in total. The van der Waals surface area contributed by atoms with Crippen LogP contribution in [0.4, 0.5) is 13.2 Å². The van der Waals surface area contributed by atoms with Crippen LogP contribution in [0.3, 0.4) is 0 Å². The van der Waals surface area contributed by atoms with Gasteiger partial charge in [0.1, 0.15) is 0 Å². The van der Waals surface area contributed by atoms with E-state index >= 15 is 0 Å². The van der Waals surface area contributed by atoms with Crippen molar-refractivity contribution in [2.75, 3.05) is 6.61 Å².